The van der Waals surface area contributed by atoms with E-state index in [2.05, 4.69) is 10.2 Å². The van der Waals surface area contributed by atoms with Gasteiger partial charge in [0, 0.05) is 50.0 Å². The molecule has 0 radical (unpaired) electrons. The van der Waals surface area contributed by atoms with E-state index < -0.39 is 0 Å². The number of carbonyl (C=O) groups is 2. The predicted octanol–water partition coefficient (Wildman–Crippen LogP) is 3.19. The number of hydrogen-bond acceptors (Lipinski definition) is 5. The predicted molar refractivity (Wildman–Crippen MR) is 131 cm³/mol. The standard InChI is InChI=1S/C25H31ClN4O4/c26-20-6-4-7-21(16-20)27-25(32)30-14-15-33-23(18-30)17-28-10-5-11-29(13-12-28)24(31)19-34-22-8-2-1-3-9-22/h1-4,6-9,16,23H,5,10-15,17-19H2,(H,27,32). The molecule has 1 unspecified atom stereocenters. The molecule has 9 heteroatoms. The van der Waals surface area contributed by atoms with Crippen LogP contribution in [0.15, 0.2) is 54.6 Å². The minimum absolute atomic E-state index is 0.00322. The van der Waals surface area contributed by atoms with Gasteiger partial charge in [-0.2, -0.15) is 0 Å². The van der Waals surface area contributed by atoms with Crippen molar-refractivity contribution in [3.05, 3.63) is 59.6 Å². The molecule has 2 aliphatic rings. The zero-order valence-electron chi connectivity index (χ0n) is 19.2. The van der Waals surface area contributed by atoms with Gasteiger partial charge in [0.2, 0.25) is 0 Å². The highest BCUT2D eigenvalue weighted by atomic mass is 35.5. The number of morpholine rings is 1. The second kappa shape index (κ2) is 12.1. The lowest BCUT2D eigenvalue weighted by Crippen LogP contribution is -2.51. The van der Waals surface area contributed by atoms with E-state index in [1.165, 1.54) is 0 Å². The summed E-state index contributed by atoms with van der Waals surface area (Å²) in [6, 6.07) is 16.4. The van der Waals surface area contributed by atoms with E-state index in [0.717, 1.165) is 26.1 Å². The Morgan fingerprint density at radius 2 is 1.85 bits per heavy atom. The van der Waals surface area contributed by atoms with Crippen LogP contribution in [0.1, 0.15) is 6.42 Å². The van der Waals surface area contributed by atoms with Crippen LogP contribution in [0.25, 0.3) is 0 Å². The first-order valence-electron chi connectivity index (χ1n) is 11.7. The molecule has 2 aromatic carbocycles. The number of ether oxygens (including phenoxy) is 2. The van der Waals surface area contributed by atoms with Gasteiger partial charge in [0.05, 0.1) is 12.7 Å². The van der Waals surface area contributed by atoms with Gasteiger partial charge >= 0.3 is 6.03 Å². The molecule has 2 aliphatic heterocycles. The number of urea groups is 1. The lowest BCUT2D eigenvalue weighted by Gasteiger charge is -2.35. The van der Waals surface area contributed by atoms with E-state index >= 15 is 0 Å². The molecular weight excluding hydrogens is 456 g/mol. The molecule has 8 nitrogen and oxygen atoms in total. The Morgan fingerprint density at radius 1 is 1.00 bits per heavy atom. The first-order valence-corrected chi connectivity index (χ1v) is 12.1. The summed E-state index contributed by atoms with van der Waals surface area (Å²) in [6.45, 7) is 5.38. The molecule has 0 aromatic heterocycles. The first-order chi connectivity index (χ1) is 16.6. The number of benzene rings is 2. The van der Waals surface area contributed by atoms with E-state index in [9.17, 15) is 9.59 Å². The van der Waals surface area contributed by atoms with Crippen molar-refractivity contribution in [1.82, 2.24) is 14.7 Å². The molecule has 2 heterocycles. The fraction of sp³-hybridized carbons (Fsp3) is 0.440. The SMILES string of the molecule is O=C(COc1ccccc1)N1CCCN(CC2CN(C(=O)Nc3cccc(Cl)c3)CCO2)CC1. The number of nitrogens with one attached hydrogen (secondary N) is 1. The van der Waals surface area contributed by atoms with Gasteiger partial charge < -0.3 is 24.6 Å². The summed E-state index contributed by atoms with van der Waals surface area (Å²) < 4.78 is 11.6. The van der Waals surface area contributed by atoms with Gasteiger partial charge in [-0.15, -0.1) is 0 Å². The summed E-state index contributed by atoms with van der Waals surface area (Å²) in [6.07, 6.45) is 0.825. The second-order valence-corrected chi connectivity index (χ2v) is 8.95. The molecule has 4 rings (SSSR count). The molecule has 182 valence electrons. The van der Waals surface area contributed by atoms with Gasteiger partial charge in [-0.1, -0.05) is 35.9 Å². The summed E-state index contributed by atoms with van der Waals surface area (Å²) in [5, 5.41) is 3.49. The Kier molecular flexibility index (Phi) is 8.62. The van der Waals surface area contributed by atoms with Crippen LogP contribution in [0, 0.1) is 0 Å². The lowest BCUT2D eigenvalue weighted by atomic mass is 10.2. The van der Waals surface area contributed by atoms with Crippen LogP contribution >= 0.6 is 11.6 Å². The molecule has 0 aliphatic carbocycles. The quantitative estimate of drug-likeness (QED) is 0.678. The zero-order chi connectivity index (χ0) is 23.8. The second-order valence-electron chi connectivity index (χ2n) is 8.52. The number of halogens is 1. The van der Waals surface area contributed by atoms with E-state index in [0.29, 0.717) is 49.2 Å². The van der Waals surface area contributed by atoms with Crippen molar-refractivity contribution < 1.29 is 19.1 Å². The van der Waals surface area contributed by atoms with Crippen LogP contribution in [-0.2, 0) is 9.53 Å². The highest BCUT2D eigenvalue weighted by Crippen LogP contribution is 2.17. The first kappa shape index (κ1) is 24.3. The molecule has 1 atom stereocenters. The average molecular weight is 487 g/mol. The zero-order valence-corrected chi connectivity index (χ0v) is 20.0. The number of para-hydroxylation sites is 1. The Bertz CT molecular complexity index is 961. The van der Waals surface area contributed by atoms with Crippen LogP contribution in [0.5, 0.6) is 5.75 Å². The smallest absolute Gasteiger partial charge is 0.322 e. The minimum Gasteiger partial charge on any atom is -0.484 e. The van der Waals surface area contributed by atoms with Gasteiger partial charge in [0.25, 0.3) is 5.91 Å². The molecule has 34 heavy (non-hydrogen) atoms. The van der Waals surface area contributed by atoms with Crippen LogP contribution in [0.4, 0.5) is 10.5 Å². The largest absolute Gasteiger partial charge is 0.484 e. The summed E-state index contributed by atoms with van der Waals surface area (Å²) in [4.78, 5) is 31.3. The van der Waals surface area contributed by atoms with Crippen LogP contribution < -0.4 is 10.1 Å². The van der Waals surface area contributed by atoms with Crippen molar-refractivity contribution in [2.45, 2.75) is 12.5 Å². The molecular formula is C25H31ClN4O4. The van der Waals surface area contributed by atoms with Crippen molar-refractivity contribution in [3.63, 3.8) is 0 Å². The Labute approximate surface area is 205 Å². The summed E-state index contributed by atoms with van der Waals surface area (Å²) in [5.74, 6) is 0.703. The van der Waals surface area contributed by atoms with Gasteiger partial charge in [0.1, 0.15) is 5.75 Å². The van der Waals surface area contributed by atoms with Crippen LogP contribution in [-0.4, -0.2) is 91.8 Å². The van der Waals surface area contributed by atoms with Crippen LogP contribution in [0.3, 0.4) is 0 Å². The van der Waals surface area contributed by atoms with Gasteiger partial charge in [-0.3, -0.25) is 9.69 Å². The summed E-state index contributed by atoms with van der Waals surface area (Å²) >= 11 is 6.01. The van der Waals surface area contributed by atoms with Gasteiger partial charge in [0.15, 0.2) is 6.61 Å². The molecule has 0 spiro atoms. The summed E-state index contributed by atoms with van der Waals surface area (Å²) in [7, 11) is 0. The van der Waals surface area contributed by atoms with Crippen molar-refractivity contribution in [2.24, 2.45) is 0 Å². The van der Waals surface area contributed by atoms with Crippen molar-refractivity contribution in [2.75, 3.05) is 64.3 Å². The Morgan fingerprint density at radius 3 is 2.68 bits per heavy atom. The van der Waals surface area contributed by atoms with Crippen molar-refractivity contribution in [1.29, 1.82) is 0 Å². The number of amides is 3. The maximum Gasteiger partial charge on any atom is 0.322 e. The van der Waals surface area contributed by atoms with Crippen molar-refractivity contribution >= 4 is 29.2 Å². The van der Waals surface area contributed by atoms with Gasteiger partial charge in [-0.05, 0) is 43.3 Å². The van der Waals surface area contributed by atoms with Gasteiger partial charge in [-0.25, -0.2) is 4.79 Å². The Hall–Kier alpha value is -2.81. The summed E-state index contributed by atoms with van der Waals surface area (Å²) in [5.41, 5.74) is 0.675. The third kappa shape index (κ3) is 7.09. The highest BCUT2D eigenvalue weighted by Gasteiger charge is 2.27. The third-order valence-corrected chi connectivity index (χ3v) is 6.25. The number of anilines is 1. The van der Waals surface area contributed by atoms with E-state index in [1.54, 1.807) is 23.1 Å². The molecule has 1 N–H and O–H groups in total. The molecule has 3 amide bonds. The average Bonchev–Trinajstić information content (AvgIpc) is 3.09. The maximum absolute atomic E-state index is 12.7. The van der Waals surface area contributed by atoms with E-state index in [-0.39, 0.29) is 24.6 Å². The molecule has 0 bridgehead atoms. The van der Waals surface area contributed by atoms with Crippen molar-refractivity contribution in [3.8, 4) is 5.75 Å². The fourth-order valence-electron chi connectivity index (χ4n) is 4.23. The third-order valence-electron chi connectivity index (χ3n) is 6.01. The number of rotatable bonds is 6. The molecule has 2 aromatic rings. The fourth-order valence-corrected chi connectivity index (χ4v) is 4.42. The molecule has 2 saturated heterocycles. The monoisotopic (exact) mass is 486 g/mol. The highest BCUT2D eigenvalue weighted by molar-refractivity contribution is 6.30. The minimum atomic E-state index is -0.151. The number of nitrogens with zero attached hydrogens (tertiary/aromatic N) is 3. The maximum atomic E-state index is 12.7. The van der Waals surface area contributed by atoms with E-state index in [4.69, 9.17) is 21.1 Å². The topological polar surface area (TPSA) is 74.4 Å². The molecule has 2 fully saturated rings. The normalized spacial score (nSPS) is 19.4. The molecule has 0 saturated carbocycles. The lowest BCUT2D eigenvalue weighted by molar-refractivity contribution is -0.133. The van der Waals surface area contributed by atoms with E-state index in [1.807, 2.05) is 41.3 Å². The number of hydrogen-bond donors (Lipinski definition) is 1. The number of carbonyl (C=O) groups excluding carboxylic acids is 2. The van der Waals surface area contributed by atoms with Crippen LogP contribution in [0.2, 0.25) is 5.02 Å². The Balaban J connectivity index is 1.22.